The van der Waals surface area contributed by atoms with Crippen molar-refractivity contribution in [3.63, 3.8) is 0 Å². The van der Waals surface area contributed by atoms with E-state index >= 15 is 0 Å². The number of rotatable bonds is 9. The molecule has 152 valence electrons. The van der Waals surface area contributed by atoms with E-state index in [1.54, 1.807) is 44.2 Å². The third kappa shape index (κ3) is 4.82. The van der Waals surface area contributed by atoms with Gasteiger partial charge < -0.3 is 14.8 Å². The summed E-state index contributed by atoms with van der Waals surface area (Å²) in [7, 11) is -2.07. The Hall–Kier alpha value is -2.58. The van der Waals surface area contributed by atoms with Crippen molar-refractivity contribution in [1.29, 1.82) is 0 Å². The molecule has 28 heavy (non-hydrogen) atoms. The molecule has 0 spiro atoms. The first-order valence-electron chi connectivity index (χ1n) is 9.09. The quantitative estimate of drug-likeness (QED) is 0.690. The molecule has 0 unspecified atom stereocenters. The van der Waals surface area contributed by atoms with Crippen molar-refractivity contribution < 1.29 is 22.7 Å². The minimum atomic E-state index is -3.60. The van der Waals surface area contributed by atoms with Crippen molar-refractivity contribution in [2.75, 3.05) is 32.1 Å². The van der Waals surface area contributed by atoms with Crippen LogP contribution >= 0.6 is 0 Å². The molecular formula is C20H26N2O5S. The van der Waals surface area contributed by atoms with E-state index in [1.165, 1.54) is 23.5 Å². The molecule has 0 aliphatic heterocycles. The van der Waals surface area contributed by atoms with Crippen molar-refractivity contribution >= 4 is 21.6 Å². The van der Waals surface area contributed by atoms with Crippen LogP contribution in [-0.2, 0) is 10.0 Å². The highest BCUT2D eigenvalue weighted by Crippen LogP contribution is 2.28. The summed E-state index contributed by atoms with van der Waals surface area (Å²) in [5, 5.41) is 2.73. The Morgan fingerprint density at radius 2 is 1.75 bits per heavy atom. The maximum atomic E-state index is 12.7. The molecule has 0 fully saturated rings. The third-order valence-electron chi connectivity index (χ3n) is 4.16. The second-order valence-electron chi connectivity index (χ2n) is 5.87. The summed E-state index contributed by atoms with van der Waals surface area (Å²) in [5.41, 5.74) is 0.772. The molecule has 1 amide bonds. The van der Waals surface area contributed by atoms with Crippen molar-refractivity contribution in [3.8, 4) is 11.5 Å². The van der Waals surface area contributed by atoms with Gasteiger partial charge in [-0.2, -0.15) is 4.31 Å². The molecule has 0 saturated heterocycles. The Morgan fingerprint density at radius 1 is 1.04 bits per heavy atom. The van der Waals surface area contributed by atoms with Gasteiger partial charge in [0.1, 0.15) is 0 Å². The largest absolute Gasteiger partial charge is 0.493 e. The average molecular weight is 407 g/mol. The second-order valence-corrected chi connectivity index (χ2v) is 7.81. The molecule has 2 rings (SSSR count). The molecule has 0 aliphatic rings. The first kappa shape index (κ1) is 21.7. The van der Waals surface area contributed by atoms with Crippen LogP contribution in [0.1, 0.15) is 31.1 Å². The summed E-state index contributed by atoms with van der Waals surface area (Å²) in [5.74, 6) is 0.627. The van der Waals surface area contributed by atoms with Crippen molar-refractivity contribution in [1.82, 2.24) is 4.31 Å². The lowest BCUT2D eigenvalue weighted by molar-refractivity contribution is 0.102. The zero-order valence-electron chi connectivity index (χ0n) is 16.6. The molecule has 2 aromatic carbocycles. The molecule has 0 bridgehead atoms. The highest BCUT2D eigenvalue weighted by molar-refractivity contribution is 7.89. The molecule has 0 radical (unpaired) electrons. The van der Waals surface area contributed by atoms with Gasteiger partial charge >= 0.3 is 0 Å². The van der Waals surface area contributed by atoms with Gasteiger partial charge in [0.25, 0.3) is 5.91 Å². The molecule has 0 atom stereocenters. The summed E-state index contributed by atoms with van der Waals surface area (Å²) in [6, 6.07) is 11.1. The zero-order chi connectivity index (χ0) is 20.7. The van der Waals surface area contributed by atoms with E-state index in [0.29, 0.717) is 42.4 Å². The highest BCUT2D eigenvalue weighted by atomic mass is 32.2. The minimum absolute atomic E-state index is 0.138. The maximum absolute atomic E-state index is 12.7. The van der Waals surface area contributed by atoms with Gasteiger partial charge in [0.15, 0.2) is 11.5 Å². The van der Waals surface area contributed by atoms with E-state index in [1.807, 2.05) is 6.92 Å². The van der Waals surface area contributed by atoms with Crippen LogP contribution in [0.2, 0.25) is 0 Å². The summed E-state index contributed by atoms with van der Waals surface area (Å²) < 4.78 is 37.4. The third-order valence-corrected chi connectivity index (χ3v) is 6.21. The van der Waals surface area contributed by atoms with Crippen LogP contribution in [0.25, 0.3) is 0 Å². The Balaban J connectivity index is 2.27. The van der Waals surface area contributed by atoms with Gasteiger partial charge in [-0.1, -0.05) is 19.9 Å². The topological polar surface area (TPSA) is 84.9 Å². The highest BCUT2D eigenvalue weighted by Gasteiger charge is 2.22. The van der Waals surface area contributed by atoms with E-state index in [0.717, 1.165) is 0 Å². The normalized spacial score (nSPS) is 11.3. The van der Waals surface area contributed by atoms with Crippen LogP contribution < -0.4 is 14.8 Å². The summed E-state index contributed by atoms with van der Waals surface area (Å²) in [6.45, 7) is 6.60. The first-order valence-corrected chi connectivity index (χ1v) is 10.5. The predicted molar refractivity (Wildman–Crippen MR) is 109 cm³/mol. The first-order chi connectivity index (χ1) is 13.4. The Labute approximate surface area is 166 Å². The van der Waals surface area contributed by atoms with Gasteiger partial charge in [-0.25, -0.2) is 8.42 Å². The Morgan fingerprint density at radius 3 is 2.36 bits per heavy atom. The maximum Gasteiger partial charge on any atom is 0.255 e. The van der Waals surface area contributed by atoms with Gasteiger partial charge in [0.2, 0.25) is 10.0 Å². The lowest BCUT2D eigenvalue weighted by atomic mass is 10.2. The van der Waals surface area contributed by atoms with E-state index < -0.39 is 10.0 Å². The lowest BCUT2D eigenvalue weighted by Gasteiger charge is -2.19. The monoisotopic (exact) mass is 406 g/mol. The van der Waals surface area contributed by atoms with Crippen molar-refractivity contribution in [2.24, 2.45) is 0 Å². The summed E-state index contributed by atoms with van der Waals surface area (Å²) in [4.78, 5) is 12.7. The zero-order valence-corrected chi connectivity index (χ0v) is 17.4. The number of nitrogens with one attached hydrogen (secondary N) is 1. The van der Waals surface area contributed by atoms with Crippen LogP contribution in [-0.4, -0.2) is 45.4 Å². The smallest absolute Gasteiger partial charge is 0.255 e. The minimum Gasteiger partial charge on any atom is -0.493 e. The van der Waals surface area contributed by atoms with Gasteiger partial charge in [-0.15, -0.1) is 0 Å². The number of methoxy groups -OCH3 is 1. The summed E-state index contributed by atoms with van der Waals surface area (Å²) in [6.07, 6.45) is 0. The standard InChI is InChI=1S/C20H26N2O5S/c1-5-22(6-2)28(24,25)17-10-8-9-16(14-17)21-20(23)15-11-12-18(26-4)19(13-15)27-7-3/h8-14H,5-7H2,1-4H3,(H,21,23). The fourth-order valence-electron chi connectivity index (χ4n) is 2.74. The fourth-order valence-corrected chi connectivity index (χ4v) is 4.24. The number of ether oxygens (including phenoxy) is 2. The average Bonchev–Trinajstić information content (AvgIpc) is 2.69. The van der Waals surface area contributed by atoms with Crippen LogP contribution in [0.4, 0.5) is 5.69 Å². The lowest BCUT2D eigenvalue weighted by Crippen LogP contribution is -2.30. The van der Waals surface area contributed by atoms with Gasteiger partial charge in [0, 0.05) is 24.3 Å². The molecule has 0 aromatic heterocycles. The van der Waals surface area contributed by atoms with Crippen LogP contribution in [0.15, 0.2) is 47.4 Å². The van der Waals surface area contributed by atoms with Gasteiger partial charge in [-0.3, -0.25) is 4.79 Å². The number of nitrogens with zero attached hydrogens (tertiary/aromatic N) is 1. The number of hydrogen-bond donors (Lipinski definition) is 1. The second kappa shape index (κ2) is 9.57. The number of sulfonamides is 1. The van der Waals surface area contributed by atoms with E-state index in [2.05, 4.69) is 5.32 Å². The van der Waals surface area contributed by atoms with Crippen LogP contribution in [0.5, 0.6) is 11.5 Å². The number of benzene rings is 2. The molecule has 7 nitrogen and oxygen atoms in total. The number of anilines is 1. The van der Waals surface area contributed by atoms with Crippen molar-refractivity contribution in [2.45, 2.75) is 25.7 Å². The van der Waals surface area contributed by atoms with E-state index in [9.17, 15) is 13.2 Å². The molecule has 0 saturated carbocycles. The fraction of sp³-hybridized carbons (Fsp3) is 0.350. The molecule has 8 heteroatoms. The summed E-state index contributed by atoms with van der Waals surface area (Å²) >= 11 is 0. The molecule has 1 N–H and O–H groups in total. The predicted octanol–water partition coefficient (Wildman–Crippen LogP) is 3.38. The molecular weight excluding hydrogens is 380 g/mol. The molecule has 0 aliphatic carbocycles. The van der Waals surface area contributed by atoms with E-state index in [-0.39, 0.29) is 10.8 Å². The number of carbonyl (C=O) groups is 1. The number of amides is 1. The number of hydrogen-bond acceptors (Lipinski definition) is 5. The van der Waals surface area contributed by atoms with Crippen LogP contribution in [0.3, 0.4) is 0 Å². The Kier molecular flexibility index (Phi) is 7.42. The number of carbonyl (C=O) groups excluding carboxylic acids is 1. The SMILES string of the molecule is CCOc1cc(C(=O)Nc2cccc(S(=O)(=O)N(CC)CC)c2)ccc1OC. The van der Waals surface area contributed by atoms with Crippen LogP contribution in [0, 0.1) is 0 Å². The van der Waals surface area contributed by atoms with Crippen molar-refractivity contribution in [3.05, 3.63) is 48.0 Å². The molecule has 2 aromatic rings. The molecule has 0 heterocycles. The Bertz CT molecular complexity index is 924. The van der Waals surface area contributed by atoms with Gasteiger partial charge in [-0.05, 0) is 43.3 Å². The van der Waals surface area contributed by atoms with E-state index in [4.69, 9.17) is 9.47 Å². The van der Waals surface area contributed by atoms with Gasteiger partial charge in [0.05, 0.1) is 18.6 Å².